The highest BCUT2D eigenvalue weighted by Gasteiger charge is 2.09. The van der Waals surface area contributed by atoms with Crippen LogP contribution in [0, 0.1) is 0 Å². The minimum absolute atomic E-state index is 0.153. The Balaban J connectivity index is 2.08. The number of hydrogen-bond acceptors (Lipinski definition) is 2. The first kappa shape index (κ1) is 16.0. The number of hydrogen-bond donors (Lipinski definition) is 1. The molecule has 0 bridgehead atoms. The van der Waals surface area contributed by atoms with Gasteiger partial charge in [0.05, 0.1) is 11.1 Å². The van der Waals surface area contributed by atoms with Gasteiger partial charge in [-0.25, -0.2) is 0 Å². The summed E-state index contributed by atoms with van der Waals surface area (Å²) in [5.41, 5.74) is 1.33. The Labute approximate surface area is 141 Å². The summed E-state index contributed by atoms with van der Waals surface area (Å²) in [6.45, 7) is 2.71. The topological polar surface area (TPSA) is 38.3 Å². The maximum absolute atomic E-state index is 12.2. The van der Waals surface area contributed by atoms with Crippen LogP contribution in [0.15, 0.2) is 51.4 Å². The molecule has 110 valence electrons. The van der Waals surface area contributed by atoms with Crippen molar-refractivity contribution in [3.8, 4) is 5.75 Å². The zero-order chi connectivity index (χ0) is 15.2. The Bertz CT molecular complexity index is 627. The van der Waals surface area contributed by atoms with Gasteiger partial charge in [-0.2, -0.15) is 0 Å². The summed E-state index contributed by atoms with van der Waals surface area (Å²) >= 11 is 6.79. The molecule has 0 aliphatic carbocycles. The van der Waals surface area contributed by atoms with Gasteiger partial charge in [0.1, 0.15) is 5.75 Å². The molecule has 0 unspecified atom stereocenters. The molecule has 3 nitrogen and oxygen atoms in total. The minimum Gasteiger partial charge on any atom is -0.492 e. The van der Waals surface area contributed by atoms with Crippen LogP contribution < -0.4 is 10.1 Å². The molecule has 1 amide bonds. The van der Waals surface area contributed by atoms with E-state index in [1.54, 1.807) is 18.2 Å². The fraction of sp³-hybridized carbons (Fsp3) is 0.188. The average Bonchev–Trinajstić information content (AvgIpc) is 2.48. The van der Waals surface area contributed by atoms with Crippen molar-refractivity contribution in [1.29, 1.82) is 0 Å². The second kappa shape index (κ2) is 7.61. The number of rotatable bonds is 5. The molecule has 0 heterocycles. The first-order valence-electron chi connectivity index (χ1n) is 6.59. The van der Waals surface area contributed by atoms with Crippen LogP contribution in [-0.2, 0) is 0 Å². The molecule has 21 heavy (non-hydrogen) atoms. The maximum atomic E-state index is 12.2. The lowest BCUT2D eigenvalue weighted by Crippen LogP contribution is -2.11. The third kappa shape index (κ3) is 4.58. The van der Waals surface area contributed by atoms with E-state index in [2.05, 4.69) is 37.2 Å². The summed E-state index contributed by atoms with van der Waals surface area (Å²) in [6.07, 6.45) is 0.943. The number of carbonyl (C=O) groups excluding carboxylic acids is 1. The Morgan fingerprint density at radius 2 is 1.86 bits per heavy atom. The van der Waals surface area contributed by atoms with E-state index in [-0.39, 0.29) is 5.91 Å². The van der Waals surface area contributed by atoms with E-state index in [0.29, 0.717) is 12.2 Å². The predicted octanol–water partition coefficient (Wildman–Crippen LogP) is 5.25. The van der Waals surface area contributed by atoms with E-state index in [1.807, 2.05) is 31.2 Å². The number of carbonyl (C=O) groups is 1. The Hall–Kier alpha value is -1.33. The molecule has 1 N–H and O–H groups in total. The minimum atomic E-state index is -0.153. The van der Waals surface area contributed by atoms with Crippen LogP contribution in [0.5, 0.6) is 5.75 Å². The van der Waals surface area contributed by atoms with Gasteiger partial charge in [-0.3, -0.25) is 4.79 Å². The molecule has 0 spiro atoms. The van der Waals surface area contributed by atoms with Crippen molar-refractivity contribution in [1.82, 2.24) is 0 Å². The number of amides is 1. The third-order valence-electron chi connectivity index (χ3n) is 2.76. The first-order valence-corrected chi connectivity index (χ1v) is 8.18. The summed E-state index contributed by atoms with van der Waals surface area (Å²) in [7, 11) is 0. The summed E-state index contributed by atoms with van der Waals surface area (Å²) in [5, 5.41) is 2.85. The molecule has 2 aromatic carbocycles. The molecule has 5 heteroatoms. The van der Waals surface area contributed by atoms with Crippen molar-refractivity contribution in [2.24, 2.45) is 0 Å². The number of anilines is 1. The van der Waals surface area contributed by atoms with Crippen LogP contribution in [0.25, 0.3) is 0 Å². The highest BCUT2D eigenvalue weighted by atomic mass is 79.9. The van der Waals surface area contributed by atoms with Gasteiger partial charge in [-0.1, -0.05) is 22.9 Å². The second-order valence-corrected chi connectivity index (χ2v) is 6.22. The van der Waals surface area contributed by atoms with Crippen LogP contribution in [-0.4, -0.2) is 12.5 Å². The summed E-state index contributed by atoms with van der Waals surface area (Å²) < 4.78 is 7.32. The summed E-state index contributed by atoms with van der Waals surface area (Å²) in [6, 6.07) is 12.8. The largest absolute Gasteiger partial charge is 0.492 e. The van der Waals surface area contributed by atoms with E-state index in [4.69, 9.17) is 4.74 Å². The molecule has 0 atom stereocenters. The van der Waals surface area contributed by atoms with E-state index >= 15 is 0 Å². The van der Waals surface area contributed by atoms with Crippen molar-refractivity contribution >= 4 is 43.5 Å². The fourth-order valence-electron chi connectivity index (χ4n) is 1.71. The smallest absolute Gasteiger partial charge is 0.255 e. The molecule has 0 saturated heterocycles. The molecular weight excluding hydrogens is 398 g/mol. The van der Waals surface area contributed by atoms with Crippen LogP contribution >= 0.6 is 31.9 Å². The number of halogens is 2. The van der Waals surface area contributed by atoms with Crippen molar-refractivity contribution in [2.45, 2.75) is 13.3 Å². The molecule has 0 aliphatic rings. The average molecular weight is 413 g/mol. The van der Waals surface area contributed by atoms with Gasteiger partial charge in [0, 0.05) is 15.7 Å². The SMILES string of the molecule is CCCOc1ccc(C(=O)Nc2ccc(Br)cc2)cc1Br. The van der Waals surface area contributed by atoms with E-state index in [9.17, 15) is 4.79 Å². The van der Waals surface area contributed by atoms with E-state index < -0.39 is 0 Å². The number of benzene rings is 2. The van der Waals surface area contributed by atoms with Crippen LogP contribution in [0.4, 0.5) is 5.69 Å². The summed E-state index contributed by atoms with van der Waals surface area (Å²) in [4.78, 5) is 12.2. The third-order valence-corrected chi connectivity index (χ3v) is 3.91. The van der Waals surface area contributed by atoms with Gasteiger partial charge < -0.3 is 10.1 Å². The Morgan fingerprint density at radius 3 is 2.48 bits per heavy atom. The lowest BCUT2D eigenvalue weighted by molar-refractivity contribution is 0.102. The van der Waals surface area contributed by atoms with Crippen LogP contribution in [0.1, 0.15) is 23.7 Å². The molecule has 0 aliphatic heterocycles. The lowest BCUT2D eigenvalue weighted by Gasteiger charge is -2.09. The monoisotopic (exact) mass is 411 g/mol. The highest BCUT2D eigenvalue weighted by molar-refractivity contribution is 9.10. The number of nitrogens with one attached hydrogen (secondary N) is 1. The van der Waals surface area contributed by atoms with E-state index in [0.717, 1.165) is 26.8 Å². The molecule has 0 fully saturated rings. The van der Waals surface area contributed by atoms with Crippen molar-refractivity contribution < 1.29 is 9.53 Å². The van der Waals surface area contributed by atoms with Crippen molar-refractivity contribution in [3.63, 3.8) is 0 Å². The predicted molar refractivity (Wildman–Crippen MR) is 92.0 cm³/mol. The number of ether oxygens (including phenoxy) is 1. The van der Waals surface area contributed by atoms with Gasteiger partial charge in [0.2, 0.25) is 0 Å². The highest BCUT2D eigenvalue weighted by Crippen LogP contribution is 2.26. The Kier molecular flexibility index (Phi) is 5.82. The second-order valence-electron chi connectivity index (χ2n) is 4.45. The van der Waals surface area contributed by atoms with Crippen LogP contribution in [0.2, 0.25) is 0 Å². The van der Waals surface area contributed by atoms with Gasteiger partial charge in [0.15, 0.2) is 0 Å². The fourth-order valence-corrected chi connectivity index (χ4v) is 2.47. The van der Waals surface area contributed by atoms with Crippen molar-refractivity contribution in [2.75, 3.05) is 11.9 Å². The zero-order valence-corrected chi connectivity index (χ0v) is 14.7. The maximum Gasteiger partial charge on any atom is 0.255 e. The van der Waals surface area contributed by atoms with Gasteiger partial charge in [-0.05, 0) is 64.8 Å². The molecule has 2 rings (SSSR count). The first-order chi connectivity index (χ1) is 10.1. The molecule has 0 aromatic heterocycles. The van der Waals surface area contributed by atoms with Gasteiger partial charge in [0.25, 0.3) is 5.91 Å². The quantitative estimate of drug-likeness (QED) is 0.727. The normalized spacial score (nSPS) is 10.2. The van der Waals surface area contributed by atoms with Crippen LogP contribution in [0.3, 0.4) is 0 Å². The molecule has 2 aromatic rings. The lowest BCUT2D eigenvalue weighted by atomic mass is 10.2. The molecular formula is C16H15Br2NO2. The van der Waals surface area contributed by atoms with Gasteiger partial charge in [-0.15, -0.1) is 0 Å². The summed E-state index contributed by atoms with van der Waals surface area (Å²) in [5.74, 6) is 0.595. The molecule has 0 radical (unpaired) electrons. The van der Waals surface area contributed by atoms with Crippen molar-refractivity contribution in [3.05, 3.63) is 57.0 Å². The van der Waals surface area contributed by atoms with E-state index in [1.165, 1.54) is 0 Å². The Morgan fingerprint density at radius 1 is 1.14 bits per heavy atom. The van der Waals surface area contributed by atoms with Gasteiger partial charge >= 0.3 is 0 Å². The zero-order valence-electron chi connectivity index (χ0n) is 11.5. The molecule has 0 saturated carbocycles. The standard InChI is InChI=1S/C16H15Br2NO2/c1-2-9-21-15-8-3-11(10-14(15)18)16(20)19-13-6-4-12(17)5-7-13/h3-8,10H,2,9H2,1H3,(H,19,20).